The number of nitrogens with one attached hydrogen (secondary N) is 2. The molecule has 0 radical (unpaired) electrons. The van der Waals surface area contributed by atoms with Gasteiger partial charge in [-0.1, -0.05) is 30.3 Å². The van der Waals surface area contributed by atoms with Gasteiger partial charge in [-0.05, 0) is 18.2 Å². The van der Waals surface area contributed by atoms with Gasteiger partial charge in [0.15, 0.2) is 0 Å². The molecule has 0 bridgehead atoms. The number of fused-ring (bicyclic) bond motifs is 1. The van der Waals surface area contributed by atoms with Crippen LogP contribution in [0.4, 0.5) is 11.4 Å². The molecule has 0 atom stereocenters. The van der Waals surface area contributed by atoms with Crippen LogP contribution in [0.5, 0.6) is 5.75 Å². The Balaban J connectivity index is 0.00000225. The zero-order valence-corrected chi connectivity index (χ0v) is 16.7. The van der Waals surface area contributed by atoms with Gasteiger partial charge in [0, 0.05) is 43.3 Å². The second-order valence-electron chi connectivity index (χ2n) is 6.73. The molecule has 0 unspecified atom stereocenters. The fourth-order valence-electron chi connectivity index (χ4n) is 3.61. The minimum atomic E-state index is 0. The molecule has 2 heterocycles. The number of aromatic nitrogens is 1. The van der Waals surface area contributed by atoms with E-state index >= 15 is 0 Å². The first-order valence-electron chi connectivity index (χ1n) is 9.21. The van der Waals surface area contributed by atoms with Gasteiger partial charge in [0.2, 0.25) is 5.91 Å². The van der Waals surface area contributed by atoms with Crippen LogP contribution < -0.4 is 15.0 Å². The third-order valence-corrected chi connectivity index (χ3v) is 5.03. The fraction of sp³-hybridized carbons (Fsp3) is 0.286. The number of ether oxygens (including phenoxy) is 1. The summed E-state index contributed by atoms with van der Waals surface area (Å²) in [5, 5.41) is 4.06. The number of H-pyrrole nitrogens is 1. The maximum Gasteiger partial charge on any atom is 0.238 e. The predicted octanol–water partition coefficient (Wildman–Crippen LogP) is 3.36. The zero-order chi connectivity index (χ0) is 18.6. The number of anilines is 2. The van der Waals surface area contributed by atoms with Crippen LogP contribution in [0.3, 0.4) is 0 Å². The zero-order valence-electron chi connectivity index (χ0n) is 15.9. The summed E-state index contributed by atoms with van der Waals surface area (Å²) in [6, 6.07) is 16.0. The lowest BCUT2D eigenvalue weighted by molar-refractivity contribution is -0.117. The smallest absolute Gasteiger partial charge is 0.238 e. The summed E-state index contributed by atoms with van der Waals surface area (Å²) in [6.45, 7) is 3.85. The molecule has 28 heavy (non-hydrogen) atoms. The Bertz CT molecular complexity index is 935. The van der Waals surface area contributed by atoms with Crippen LogP contribution in [0.2, 0.25) is 0 Å². The predicted molar refractivity (Wildman–Crippen MR) is 116 cm³/mol. The van der Waals surface area contributed by atoms with Crippen molar-refractivity contribution in [2.45, 2.75) is 0 Å². The van der Waals surface area contributed by atoms with Crippen molar-refractivity contribution in [1.82, 2.24) is 9.88 Å². The molecule has 148 valence electrons. The number of hydrogen-bond acceptors (Lipinski definition) is 4. The van der Waals surface area contributed by atoms with Gasteiger partial charge >= 0.3 is 0 Å². The van der Waals surface area contributed by atoms with E-state index in [4.69, 9.17) is 4.74 Å². The van der Waals surface area contributed by atoms with Crippen molar-refractivity contribution in [3.63, 3.8) is 0 Å². The van der Waals surface area contributed by atoms with Gasteiger partial charge < -0.3 is 19.9 Å². The molecule has 0 saturated carbocycles. The van der Waals surface area contributed by atoms with Gasteiger partial charge in [-0.2, -0.15) is 0 Å². The summed E-state index contributed by atoms with van der Waals surface area (Å²) in [5.41, 5.74) is 2.98. The number of piperazine rings is 1. The number of rotatable bonds is 5. The monoisotopic (exact) mass is 400 g/mol. The second-order valence-corrected chi connectivity index (χ2v) is 6.73. The molecule has 3 aromatic rings. The van der Waals surface area contributed by atoms with Gasteiger partial charge in [0.25, 0.3) is 0 Å². The Morgan fingerprint density at radius 1 is 1.07 bits per heavy atom. The van der Waals surface area contributed by atoms with E-state index in [2.05, 4.69) is 26.2 Å². The van der Waals surface area contributed by atoms with Crippen LogP contribution in [0.25, 0.3) is 10.9 Å². The number of halogens is 1. The summed E-state index contributed by atoms with van der Waals surface area (Å²) in [7, 11) is 1.70. The number of carbonyl (C=O) groups is 1. The first kappa shape index (κ1) is 20.0. The SMILES string of the molecule is COc1ccccc1N1CCN(CC(=O)Nc2c[nH]c3ccccc23)CC1.Cl. The maximum atomic E-state index is 12.5. The van der Waals surface area contributed by atoms with E-state index in [1.165, 1.54) is 0 Å². The Morgan fingerprint density at radius 2 is 1.79 bits per heavy atom. The van der Waals surface area contributed by atoms with E-state index in [0.717, 1.165) is 54.2 Å². The highest BCUT2D eigenvalue weighted by Crippen LogP contribution is 2.28. The first-order chi connectivity index (χ1) is 13.2. The molecular formula is C21H25ClN4O2. The standard InChI is InChI=1S/C21H24N4O2.ClH/c1-27-20-9-5-4-8-19(20)25-12-10-24(11-13-25)15-21(26)23-18-14-22-17-7-3-2-6-16(17)18;/h2-9,14,22H,10-13,15H2,1H3,(H,23,26);1H. The van der Waals surface area contributed by atoms with Gasteiger partial charge in [0.05, 0.1) is 25.0 Å². The van der Waals surface area contributed by atoms with Crippen LogP contribution in [-0.2, 0) is 4.79 Å². The average molecular weight is 401 g/mol. The average Bonchev–Trinajstić information content (AvgIpc) is 3.11. The molecular weight excluding hydrogens is 376 g/mol. The molecule has 0 spiro atoms. The summed E-state index contributed by atoms with van der Waals surface area (Å²) in [6.07, 6.45) is 1.85. The quantitative estimate of drug-likeness (QED) is 0.689. The topological polar surface area (TPSA) is 60.6 Å². The summed E-state index contributed by atoms with van der Waals surface area (Å²) >= 11 is 0. The molecule has 4 rings (SSSR count). The number of carbonyl (C=O) groups excluding carboxylic acids is 1. The van der Waals surface area contributed by atoms with E-state index in [1.807, 2.05) is 48.7 Å². The molecule has 1 aliphatic rings. The van der Waals surface area contributed by atoms with E-state index < -0.39 is 0 Å². The number of benzene rings is 2. The van der Waals surface area contributed by atoms with E-state index in [9.17, 15) is 4.79 Å². The van der Waals surface area contributed by atoms with Crippen molar-refractivity contribution in [2.75, 3.05) is 50.1 Å². The van der Waals surface area contributed by atoms with Crippen molar-refractivity contribution >= 4 is 40.6 Å². The van der Waals surface area contributed by atoms with Gasteiger partial charge in [-0.15, -0.1) is 12.4 Å². The molecule has 1 aliphatic heterocycles. The van der Waals surface area contributed by atoms with Crippen LogP contribution in [0.15, 0.2) is 54.7 Å². The van der Waals surface area contributed by atoms with Crippen LogP contribution in [0, 0.1) is 0 Å². The Morgan fingerprint density at radius 3 is 2.57 bits per heavy atom. The number of para-hydroxylation sites is 3. The highest BCUT2D eigenvalue weighted by atomic mass is 35.5. The van der Waals surface area contributed by atoms with Crippen molar-refractivity contribution in [2.24, 2.45) is 0 Å². The van der Waals surface area contributed by atoms with Crippen molar-refractivity contribution in [1.29, 1.82) is 0 Å². The molecule has 1 fully saturated rings. The van der Waals surface area contributed by atoms with Gasteiger partial charge in [-0.3, -0.25) is 9.69 Å². The van der Waals surface area contributed by atoms with E-state index in [1.54, 1.807) is 7.11 Å². The number of hydrogen-bond donors (Lipinski definition) is 2. The minimum Gasteiger partial charge on any atom is -0.495 e. The van der Waals surface area contributed by atoms with Crippen molar-refractivity contribution in [3.05, 3.63) is 54.7 Å². The first-order valence-corrected chi connectivity index (χ1v) is 9.21. The molecule has 6 nitrogen and oxygen atoms in total. The number of amides is 1. The largest absolute Gasteiger partial charge is 0.495 e. The number of aromatic amines is 1. The van der Waals surface area contributed by atoms with Crippen molar-refractivity contribution in [3.8, 4) is 5.75 Å². The Hall–Kier alpha value is -2.70. The molecule has 0 aliphatic carbocycles. The normalized spacial score (nSPS) is 14.5. The molecule has 1 aromatic heterocycles. The molecule has 2 aromatic carbocycles. The lowest BCUT2D eigenvalue weighted by Crippen LogP contribution is -2.48. The number of methoxy groups -OCH3 is 1. The fourth-order valence-corrected chi connectivity index (χ4v) is 3.61. The van der Waals surface area contributed by atoms with Gasteiger partial charge in [-0.25, -0.2) is 0 Å². The lowest BCUT2D eigenvalue weighted by atomic mass is 10.2. The minimum absolute atomic E-state index is 0. The highest BCUT2D eigenvalue weighted by molar-refractivity contribution is 6.02. The summed E-state index contributed by atoms with van der Waals surface area (Å²) in [5.74, 6) is 0.911. The number of nitrogens with zero attached hydrogens (tertiary/aromatic N) is 2. The second kappa shape index (κ2) is 8.99. The Labute approximate surface area is 170 Å². The van der Waals surface area contributed by atoms with Crippen molar-refractivity contribution < 1.29 is 9.53 Å². The molecule has 7 heteroatoms. The molecule has 1 amide bonds. The third kappa shape index (κ3) is 4.24. The van der Waals surface area contributed by atoms with Crippen LogP contribution >= 0.6 is 12.4 Å². The molecule has 1 saturated heterocycles. The summed E-state index contributed by atoms with van der Waals surface area (Å²) in [4.78, 5) is 20.2. The van der Waals surface area contributed by atoms with E-state index in [-0.39, 0.29) is 18.3 Å². The van der Waals surface area contributed by atoms with Gasteiger partial charge in [0.1, 0.15) is 5.75 Å². The third-order valence-electron chi connectivity index (χ3n) is 5.03. The lowest BCUT2D eigenvalue weighted by Gasteiger charge is -2.36. The van der Waals surface area contributed by atoms with Crippen LogP contribution in [-0.4, -0.2) is 55.6 Å². The highest BCUT2D eigenvalue weighted by Gasteiger charge is 2.21. The maximum absolute atomic E-state index is 12.5. The Kier molecular flexibility index (Phi) is 6.44. The summed E-state index contributed by atoms with van der Waals surface area (Å²) < 4.78 is 5.46. The van der Waals surface area contributed by atoms with Crippen LogP contribution in [0.1, 0.15) is 0 Å². The molecule has 2 N–H and O–H groups in total. The van der Waals surface area contributed by atoms with E-state index in [0.29, 0.717) is 6.54 Å².